The van der Waals surface area contributed by atoms with Crippen molar-refractivity contribution in [3.8, 4) is 5.88 Å². The first-order chi connectivity index (χ1) is 16.7. The van der Waals surface area contributed by atoms with E-state index in [1.807, 2.05) is 6.20 Å². The number of aliphatic hydroxyl groups is 1. The van der Waals surface area contributed by atoms with E-state index >= 15 is 0 Å². The molecular weight excluding hydrogens is 445 g/mol. The fourth-order valence-electron chi connectivity index (χ4n) is 5.44. The van der Waals surface area contributed by atoms with Gasteiger partial charge < -0.3 is 20.5 Å². The van der Waals surface area contributed by atoms with Gasteiger partial charge in [-0.25, -0.2) is 9.37 Å². The fraction of sp³-hybridized carbons (Fsp3) is 0.571. The van der Waals surface area contributed by atoms with E-state index in [4.69, 9.17) is 9.72 Å². The molecule has 0 saturated heterocycles. The van der Waals surface area contributed by atoms with Crippen molar-refractivity contribution in [1.29, 1.82) is 0 Å². The predicted molar refractivity (Wildman–Crippen MR) is 132 cm³/mol. The van der Waals surface area contributed by atoms with Gasteiger partial charge in [-0.15, -0.1) is 0 Å². The third kappa shape index (κ3) is 5.67. The van der Waals surface area contributed by atoms with Gasteiger partial charge in [0, 0.05) is 37.7 Å². The van der Waals surface area contributed by atoms with E-state index in [1.54, 1.807) is 12.1 Å². The Morgan fingerprint density at radius 1 is 1.23 bits per heavy atom. The molecule has 0 bridgehead atoms. The molecule has 5 rings (SSSR count). The Morgan fingerprint density at radius 2 is 1.97 bits per heavy atom. The van der Waals surface area contributed by atoms with Crippen LogP contribution in [0.1, 0.15) is 75.1 Å². The number of ether oxygens (including phenoxy) is 1. The van der Waals surface area contributed by atoms with E-state index in [2.05, 4.69) is 23.6 Å². The van der Waals surface area contributed by atoms with Crippen LogP contribution >= 0.6 is 0 Å². The van der Waals surface area contributed by atoms with Crippen LogP contribution in [0, 0.1) is 11.2 Å². The number of nitrogens with one attached hydrogen (secondary N) is 2. The molecule has 3 atom stereocenters. The predicted octanol–water partition coefficient (Wildman–Crippen LogP) is 4.01. The Balaban J connectivity index is 1.30. The average Bonchev–Trinajstić information content (AvgIpc) is 3.53. The standard InChI is InChI=1S/C28H36FN3O3/c1-18(33)32-23(13-19-4-6-21(29)7-5-19)25(34)17-30-24-15-28(8-3-9-28)35-26-22(24)12-20(16-31-26)14-27(2)10-11-27/h4-7,12,16,23-25,30,34H,3,8-11,13-15,17H2,1-2H3,(H,32,33)/t23-,24-,25-/m0/s1. The lowest BCUT2D eigenvalue weighted by Gasteiger charge is -2.47. The van der Waals surface area contributed by atoms with E-state index in [-0.39, 0.29) is 23.4 Å². The molecule has 2 fully saturated rings. The highest BCUT2D eigenvalue weighted by Crippen LogP contribution is 2.50. The van der Waals surface area contributed by atoms with Crippen LogP contribution < -0.4 is 15.4 Å². The molecule has 1 spiro atoms. The second-order valence-electron chi connectivity index (χ2n) is 11.2. The number of pyridine rings is 1. The summed E-state index contributed by atoms with van der Waals surface area (Å²) in [4.78, 5) is 16.5. The van der Waals surface area contributed by atoms with Gasteiger partial charge in [-0.05, 0) is 79.7 Å². The maximum absolute atomic E-state index is 13.3. The molecule has 1 aliphatic heterocycles. The molecule has 2 heterocycles. The van der Waals surface area contributed by atoms with Crippen molar-refractivity contribution < 1.29 is 19.0 Å². The topological polar surface area (TPSA) is 83.5 Å². The zero-order chi connectivity index (χ0) is 24.6. The molecule has 0 radical (unpaired) electrons. The number of fused-ring (bicyclic) bond motifs is 1. The number of amides is 1. The van der Waals surface area contributed by atoms with Crippen LogP contribution in [0.3, 0.4) is 0 Å². The van der Waals surface area contributed by atoms with Crippen molar-refractivity contribution in [1.82, 2.24) is 15.6 Å². The minimum absolute atomic E-state index is 0.0250. The molecule has 2 saturated carbocycles. The van der Waals surface area contributed by atoms with Gasteiger partial charge in [-0.3, -0.25) is 4.79 Å². The quantitative estimate of drug-likeness (QED) is 0.504. The van der Waals surface area contributed by atoms with Crippen LogP contribution in [0.4, 0.5) is 4.39 Å². The van der Waals surface area contributed by atoms with Crippen LogP contribution in [0.15, 0.2) is 36.5 Å². The summed E-state index contributed by atoms with van der Waals surface area (Å²) in [5.74, 6) is 0.194. The zero-order valence-electron chi connectivity index (χ0n) is 20.6. The van der Waals surface area contributed by atoms with Gasteiger partial charge in [0.15, 0.2) is 0 Å². The lowest BCUT2D eigenvalue weighted by molar-refractivity contribution is -0.120. The molecule has 6 nitrogen and oxygen atoms in total. The van der Waals surface area contributed by atoms with Crippen molar-refractivity contribution in [2.24, 2.45) is 5.41 Å². The molecular formula is C28H36FN3O3. The Bertz CT molecular complexity index is 1070. The van der Waals surface area contributed by atoms with Gasteiger partial charge in [0.2, 0.25) is 11.8 Å². The number of carbonyl (C=O) groups is 1. The fourth-order valence-corrected chi connectivity index (χ4v) is 5.44. The van der Waals surface area contributed by atoms with Gasteiger partial charge in [0.1, 0.15) is 11.4 Å². The third-order valence-electron chi connectivity index (χ3n) is 7.99. The van der Waals surface area contributed by atoms with Crippen molar-refractivity contribution in [2.45, 2.75) is 89.0 Å². The van der Waals surface area contributed by atoms with Crippen LogP contribution in [-0.2, 0) is 17.6 Å². The Labute approximate surface area is 206 Å². The molecule has 1 aromatic carbocycles. The van der Waals surface area contributed by atoms with Gasteiger partial charge in [-0.1, -0.05) is 19.1 Å². The van der Waals surface area contributed by atoms with E-state index in [1.165, 1.54) is 37.5 Å². The molecule has 2 aliphatic carbocycles. The van der Waals surface area contributed by atoms with Crippen molar-refractivity contribution in [2.75, 3.05) is 6.54 Å². The molecule has 35 heavy (non-hydrogen) atoms. The summed E-state index contributed by atoms with van der Waals surface area (Å²) in [6.45, 7) is 4.08. The number of aromatic nitrogens is 1. The smallest absolute Gasteiger partial charge is 0.218 e. The number of hydrogen-bond acceptors (Lipinski definition) is 5. The Morgan fingerprint density at radius 3 is 2.60 bits per heavy atom. The minimum atomic E-state index is -0.811. The third-order valence-corrected chi connectivity index (χ3v) is 7.99. The van der Waals surface area contributed by atoms with E-state index in [0.29, 0.717) is 24.3 Å². The molecule has 3 N–H and O–H groups in total. The van der Waals surface area contributed by atoms with Crippen LogP contribution in [0.5, 0.6) is 5.88 Å². The van der Waals surface area contributed by atoms with Crippen molar-refractivity contribution in [3.05, 3.63) is 59.0 Å². The number of nitrogens with zero attached hydrogens (tertiary/aromatic N) is 1. The number of benzene rings is 1. The van der Waals surface area contributed by atoms with Crippen molar-refractivity contribution in [3.63, 3.8) is 0 Å². The first-order valence-corrected chi connectivity index (χ1v) is 12.8. The largest absolute Gasteiger partial charge is 0.471 e. The lowest BCUT2D eigenvalue weighted by Crippen LogP contribution is -2.52. The summed E-state index contributed by atoms with van der Waals surface area (Å²) in [6.07, 6.45) is 9.16. The maximum atomic E-state index is 13.3. The molecule has 1 amide bonds. The minimum Gasteiger partial charge on any atom is -0.471 e. The number of aliphatic hydroxyl groups excluding tert-OH is 1. The Kier molecular flexibility index (Phi) is 6.57. The van der Waals surface area contributed by atoms with Crippen LogP contribution in [0.25, 0.3) is 0 Å². The molecule has 2 aromatic rings. The highest BCUT2D eigenvalue weighted by molar-refractivity contribution is 5.73. The summed E-state index contributed by atoms with van der Waals surface area (Å²) in [6, 6.07) is 7.94. The summed E-state index contributed by atoms with van der Waals surface area (Å²) in [5, 5.41) is 17.5. The summed E-state index contributed by atoms with van der Waals surface area (Å²) in [5.41, 5.74) is 3.38. The van der Waals surface area contributed by atoms with Crippen LogP contribution in [0.2, 0.25) is 0 Å². The maximum Gasteiger partial charge on any atom is 0.218 e. The lowest BCUT2D eigenvalue weighted by atomic mass is 9.73. The molecule has 188 valence electrons. The number of halogens is 1. The van der Waals surface area contributed by atoms with Crippen LogP contribution in [-0.4, -0.2) is 40.3 Å². The number of carbonyl (C=O) groups excluding carboxylic acids is 1. The highest BCUT2D eigenvalue weighted by atomic mass is 19.1. The second-order valence-corrected chi connectivity index (χ2v) is 11.2. The van der Waals surface area contributed by atoms with Gasteiger partial charge in [0.05, 0.1) is 12.1 Å². The first kappa shape index (κ1) is 24.2. The van der Waals surface area contributed by atoms with E-state index < -0.39 is 12.1 Å². The Hall–Kier alpha value is -2.51. The molecule has 0 unspecified atom stereocenters. The average molecular weight is 482 g/mol. The van der Waals surface area contributed by atoms with Gasteiger partial charge >= 0.3 is 0 Å². The van der Waals surface area contributed by atoms with Crippen molar-refractivity contribution >= 4 is 5.91 Å². The van der Waals surface area contributed by atoms with E-state index in [0.717, 1.165) is 43.2 Å². The van der Waals surface area contributed by atoms with Gasteiger partial charge in [0.25, 0.3) is 0 Å². The summed E-state index contributed by atoms with van der Waals surface area (Å²) < 4.78 is 19.7. The second kappa shape index (κ2) is 9.51. The number of rotatable bonds is 9. The molecule has 7 heteroatoms. The summed E-state index contributed by atoms with van der Waals surface area (Å²) in [7, 11) is 0. The monoisotopic (exact) mass is 481 g/mol. The summed E-state index contributed by atoms with van der Waals surface area (Å²) >= 11 is 0. The van der Waals surface area contributed by atoms with Gasteiger partial charge in [-0.2, -0.15) is 0 Å². The zero-order valence-corrected chi connectivity index (χ0v) is 20.6. The first-order valence-electron chi connectivity index (χ1n) is 12.8. The molecule has 1 aromatic heterocycles. The normalized spacial score (nSPS) is 22.9. The SMILES string of the molecule is CC(=O)N[C@@H](Cc1ccc(F)cc1)[C@@H](O)CN[C@H]1CC2(CCC2)Oc2ncc(CC3(C)CC3)cc21. The highest BCUT2D eigenvalue weighted by Gasteiger charge is 2.46. The van der Waals surface area contributed by atoms with E-state index in [9.17, 15) is 14.3 Å². The number of hydrogen-bond donors (Lipinski definition) is 3. The molecule has 3 aliphatic rings.